The third-order valence-corrected chi connectivity index (χ3v) is 5.50. The second kappa shape index (κ2) is 8.36. The number of carbonyl (C=O) groups is 3. The number of methoxy groups -OCH3 is 1. The van der Waals surface area contributed by atoms with E-state index >= 15 is 0 Å². The quantitative estimate of drug-likeness (QED) is 0.624. The van der Waals surface area contributed by atoms with E-state index in [9.17, 15) is 14.4 Å². The van der Waals surface area contributed by atoms with E-state index in [1.165, 1.54) is 18.4 Å². The van der Waals surface area contributed by atoms with Gasteiger partial charge in [-0.25, -0.2) is 9.97 Å². The molecule has 0 spiro atoms. The molecule has 8 nitrogen and oxygen atoms in total. The topological polar surface area (TPSA) is 110 Å². The van der Waals surface area contributed by atoms with Gasteiger partial charge in [-0.15, -0.1) is 11.3 Å². The van der Waals surface area contributed by atoms with Crippen LogP contribution in [0.25, 0.3) is 10.2 Å². The smallest absolute Gasteiger partial charge is 0.325 e. The van der Waals surface area contributed by atoms with Crippen molar-refractivity contribution in [2.75, 3.05) is 19.0 Å². The van der Waals surface area contributed by atoms with Gasteiger partial charge >= 0.3 is 5.97 Å². The number of anilines is 1. The molecule has 29 heavy (non-hydrogen) atoms. The molecule has 150 valence electrons. The minimum absolute atomic E-state index is 0.208. The summed E-state index contributed by atoms with van der Waals surface area (Å²) in [4.78, 5) is 46.0. The molecule has 0 radical (unpaired) electrons. The van der Waals surface area contributed by atoms with Crippen LogP contribution in [-0.4, -0.2) is 41.4 Å². The average Bonchev–Trinajstić information content (AvgIpc) is 3.02. The highest BCUT2D eigenvalue weighted by Gasteiger charge is 2.19. The molecule has 1 aromatic carbocycles. The number of nitrogens with one attached hydrogen (secondary N) is 2. The maximum atomic E-state index is 12.8. The summed E-state index contributed by atoms with van der Waals surface area (Å²) in [6.07, 6.45) is 0. The number of aryl methyl sites for hydroxylation is 3. The predicted molar refractivity (Wildman–Crippen MR) is 110 cm³/mol. The Hall–Kier alpha value is -3.33. The van der Waals surface area contributed by atoms with Crippen LogP contribution in [0.3, 0.4) is 0 Å². The van der Waals surface area contributed by atoms with E-state index in [2.05, 4.69) is 25.3 Å². The van der Waals surface area contributed by atoms with Crippen molar-refractivity contribution >= 4 is 45.0 Å². The van der Waals surface area contributed by atoms with Gasteiger partial charge < -0.3 is 15.4 Å². The van der Waals surface area contributed by atoms with Crippen molar-refractivity contribution in [2.24, 2.45) is 0 Å². The van der Waals surface area contributed by atoms with Crippen molar-refractivity contribution in [2.45, 2.75) is 20.8 Å². The predicted octanol–water partition coefficient (Wildman–Crippen LogP) is 2.77. The molecule has 9 heteroatoms. The number of rotatable bonds is 5. The van der Waals surface area contributed by atoms with E-state index in [4.69, 9.17) is 0 Å². The van der Waals surface area contributed by atoms with Crippen LogP contribution >= 0.6 is 11.3 Å². The molecule has 0 aliphatic carbocycles. The van der Waals surface area contributed by atoms with Gasteiger partial charge in [0.15, 0.2) is 0 Å². The number of thiophene rings is 1. The lowest BCUT2D eigenvalue weighted by Crippen LogP contribution is -2.30. The zero-order valence-corrected chi connectivity index (χ0v) is 17.3. The molecule has 0 fully saturated rings. The van der Waals surface area contributed by atoms with Crippen molar-refractivity contribution in [1.29, 1.82) is 0 Å². The van der Waals surface area contributed by atoms with E-state index in [0.29, 0.717) is 22.0 Å². The van der Waals surface area contributed by atoms with E-state index in [-0.39, 0.29) is 12.5 Å². The lowest BCUT2D eigenvalue weighted by atomic mass is 10.1. The summed E-state index contributed by atoms with van der Waals surface area (Å²) in [6.45, 7) is 5.40. The molecule has 2 heterocycles. The Balaban J connectivity index is 1.74. The van der Waals surface area contributed by atoms with E-state index in [1.54, 1.807) is 24.3 Å². The van der Waals surface area contributed by atoms with Crippen LogP contribution in [0.4, 0.5) is 5.69 Å². The van der Waals surface area contributed by atoms with Crippen molar-refractivity contribution in [3.8, 4) is 0 Å². The number of ether oxygens (including phenoxy) is 1. The molecular weight excluding hydrogens is 392 g/mol. The number of benzene rings is 1. The Labute approximate surface area is 171 Å². The number of nitrogens with zero attached hydrogens (tertiary/aromatic N) is 2. The Morgan fingerprint density at radius 2 is 1.72 bits per heavy atom. The molecule has 0 saturated heterocycles. The summed E-state index contributed by atoms with van der Waals surface area (Å²) < 4.78 is 4.48. The Kier molecular flexibility index (Phi) is 5.88. The van der Waals surface area contributed by atoms with Gasteiger partial charge in [0.05, 0.1) is 12.0 Å². The molecular formula is C20H20N4O4S. The zero-order chi connectivity index (χ0) is 21.1. The lowest BCUT2D eigenvalue weighted by Gasteiger charge is -2.07. The van der Waals surface area contributed by atoms with Gasteiger partial charge in [0, 0.05) is 22.3 Å². The number of esters is 1. The van der Waals surface area contributed by atoms with Crippen molar-refractivity contribution < 1.29 is 19.1 Å². The van der Waals surface area contributed by atoms with Gasteiger partial charge in [0.1, 0.15) is 17.2 Å². The zero-order valence-electron chi connectivity index (χ0n) is 16.5. The van der Waals surface area contributed by atoms with Gasteiger partial charge in [0.25, 0.3) is 11.8 Å². The summed E-state index contributed by atoms with van der Waals surface area (Å²) in [5.41, 5.74) is 2.61. The highest BCUT2D eigenvalue weighted by molar-refractivity contribution is 7.20. The fourth-order valence-electron chi connectivity index (χ4n) is 2.91. The Bertz CT molecular complexity index is 1110. The largest absolute Gasteiger partial charge is 0.468 e. The summed E-state index contributed by atoms with van der Waals surface area (Å²) in [7, 11) is 1.25. The van der Waals surface area contributed by atoms with E-state index in [0.717, 1.165) is 21.5 Å². The number of aromatic nitrogens is 2. The van der Waals surface area contributed by atoms with Gasteiger partial charge in [-0.05, 0) is 50.6 Å². The molecule has 0 bridgehead atoms. The molecule has 0 saturated carbocycles. The van der Waals surface area contributed by atoms with Gasteiger partial charge in [0.2, 0.25) is 0 Å². The van der Waals surface area contributed by atoms with Gasteiger partial charge in [-0.2, -0.15) is 0 Å². The standard InChI is InChI=1S/C20H20N4O4S/c1-10-16-11(2)22-12(3)23-20(16)29-17(10)19(27)24-14-7-5-13(6-8-14)18(26)21-9-15(25)28-4/h5-8H,9H2,1-4H3,(H,21,26)(H,24,27). The molecule has 2 N–H and O–H groups in total. The van der Waals surface area contributed by atoms with Crippen LogP contribution in [0.15, 0.2) is 24.3 Å². The van der Waals surface area contributed by atoms with E-state index < -0.39 is 11.9 Å². The first-order chi connectivity index (χ1) is 13.8. The minimum atomic E-state index is -0.531. The fraction of sp³-hybridized carbons (Fsp3) is 0.250. The van der Waals surface area contributed by atoms with Crippen molar-refractivity contribution in [1.82, 2.24) is 15.3 Å². The summed E-state index contributed by atoms with van der Waals surface area (Å²) in [6, 6.07) is 6.39. The number of hydrogen-bond donors (Lipinski definition) is 2. The van der Waals surface area contributed by atoms with Crippen LogP contribution in [-0.2, 0) is 9.53 Å². The van der Waals surface area contributed by atoms with E-state index in [1.807, 2.05) is 20.8 Å². The average molecular weight is 412 g/mol. The minimum Gasteiger partial charge on any atom is -0.468 e. The molecule has 2 aromatic heterocycles. The number of amides is 2. The second-order valence-electron chi connectivity index (χ2n) is 6.38. The molecule has 3 aromatic rings. The Morgan fingerprint density at radius 1 is 1.03 bits per heavy atom. The molecule has 0 aliphatic rings. The normalized spacial score (nSPS) is 10.6. The van der Waals surface area contributed by atoms with Crippen LogP contribution in [0, 0.1) is 20.8 Å². The first-order valence-electron chi connectivity index (χ1n) is 8.81. The fourth-order valence-corrected chi connectivity index (χ4v) is 4.08. The lowest BCUT2D eigenvalue weighted by molar-refractivity contribution is -0.139. The first-order valence-corrected chi connectivity index (χ1v) is 9.62. The summed E-state index contributed by atoms with van der Waals surface area (Å²) >= 11 is 1.33. The molecule has 2 amide bonds. The molecule has 0 aliphatic heterocycles. The van der Waals surface area contributed by atoms with Crippen LogP contribution in [0.1, 0.15) is 37.1 Å². The Morgan fingerprint density at radius 3 is 2.38 bits per heavy atom. The monoisotopic (exact) mass is 412 g/mol. The number of hydrogen-bond acceptors (Lipinski definition) is 7. The highest BCUT2D eigenvalue weighted by atomic mass is 32.1. The number of fused-ring (bicyclic) bond motifs is 1. The van der Waals surface area contributed by atoms with Crippen LogP contribution in [0.5, 0.6) is 0 Å². The maximum Gasteiger partial charge on any atom is 0.325 e. The van der Waals surface area contributed by atoms with Crippen LogP contribution in [0.2, 0.25) is 0 Å². The third-order valence-electron chi connectivity index (χ3n) is 4.31. The highest BCUT2D eigenvalue weighted by Crippen LogP contribution is 2.31. The summed E-state index contributed by atoms with van der Waals surface area (Å²) in [5, 5.41) is 6.20. The van der Waals surface area contributed by atoms with Crippen molar-refractivity contribution in [3.63, 3.8) is 0 Å². The van der Waals surface area contributed by atoms with Gasteiger partial charge in [-0.3, -0.25) is 14.4 Å². The first kappa shape index (κ1) is 20.4. The SMILES string of the molecule is COC(=O)CNC(=O)c1ccc(NC(=O)c2sc3nc(C)nc(C)c3c2C)cc1. The second-order valence-corrected chi connectivity index (χ2v) is 7.38. The van der Waals surface area contributed by atoms with Crippen LogP contribution < -0.4 is 10.6 Å². The third kappa shape index (κ3) is 4.40. The molecule has 0 atom stereocenters. The molecule has 3 rings (SSSR count). The van der Waals surface area contributed by atoms with Crippen molar-refractivity contribution in [3.05, 3.63) is 51.8 Å². The van der Waals surface area contributed by atoms with Gasteiger partial charge in [-0.1, -0.05) is 0 Å². The maximum absolute atomic E-state index is 12.8. The summed E-state index contributed by atoms with van der Waals surface area (Å²) in [5.74, 6) is -0.510. The molecule has 0 unspecified atom stereocenters. The number of carbonyl (C=O) groups excluding carboxylic acids is 3.